The lowest BCUT2D eigenvalue weighted by Crippen LogP contribution is -2.20. The standard InChI is InChI=1S/C15H15N3O3/c1-18-8-2-3-13(18)9-14(19)17-16-10-11-4-6-12(7-5-11)15(20)21/h2-8,10H,9H2,1H3,(H,17,19)(H,20,21)/b16-10-. The third kappa shape index (κ3) is 4.04. The molecule has 2 aromatic rings. The average Bonchev–Trinajstić information content (AvgIpc) is 2.85. The fourth-order valence-corrected chi connectivity index (χ4v) is 1.77. The van der Waals surface area contributed by atoms with E-state index in [4.69, 9.17) is 5.11 Å². The van der Waals surface area contributed by atoms with E-state index in [0.717, 1.165) is 5.69 Å². The predicted octanol–water partition coefficient (Wildman–Crippen LogP) is 1.42. The molecule has 1 heterocycles. The van der Waals surface area contributed by atoms with Crippen molar-refractivity contribution >= 4 is 18.1 Å². The summed E-state index contributed by atoms with van der Waals surface area (Å²) in [7, 11) is 1.87. The summed E-state index contributed by atoms with van der Waals surface area (Å²) in [6.07, 6.45) is 3.59. The second-order valence-electron chi connectivity index (χ2n) is 4.51. The summed E-state index contributed by atoms with van der Waals surface area (Å²) < 4.78 is 1.87. The number of hydrogen-bond acceptors (Lipinski definition) is 3. The first-order valence-electron chi connectivity index (χ1n) is 6.32. The Morgan fingerprint density at radius 2 is 2.00 bits per heavy atom. The van der Waals surface area contributed by atoms with Gasteiger partial charge in [0.1, 0.15) is 0 Å². The summed E-state index contributed by atoms with van der Waals surface area (Å²) in [6, 6.07) is 9.95. The van der Waals surface area contributed by atoms with Gasteiger partial charge < -0.3 is 9.67 Å². The number of nitrogens with zero attached hydrogens (tertiary/aromatic N) is 2. The summed E-state index contributed by atoms with van der Waals surface area (Å²) in [4.78, 5) is 22.4. The molecule has 0 saturated carbocycles. The molecular weight excluding hydrogens is 270 g/mol. The highest BCUT2D eigenvalue weighted by Gasteiger charge is 2.04. The zero-order valence-corrected chi connectivity index (χ0v) is 11.5. The molecule has 0 radical (unpaired) electrons. The number of rotatable bonds is 5. The molecule has 0 bridgehead atoms. The topological polar surface area (TPSA) is 83.7 Å². The van der Waals surface area contributed by atoms with Crippen LogP contribution in [0.15, 0.2) is 47.7 Å². The van der Waals surface area contributed by atoms with E-state index in [1.54, 1.807) is 12.1 Å². The maximum Gasteiger partial charge on any atom is 0.335 e. The normalized spacial score (nSPS) is 10.7. The number of hydrazone groups is 1. The molecule has 21 heavy (non-hydrogen) atoms. The van der Waals surface area contributed by atoms with E-state index in [1.807, 2.05) is 29.9 Å². The Hall–Kier alpha value is -2.89. The van der Waals surface area contributed by atoms with Gasteiger partial charge in [-0.3, -0.25) is 4.79 Å². The van der Waals surface area contributed by atoms with Gasteiger partial charge in [-0.2, -0.15) is 5.10 Å². The molecule has 0 fully saturated rings. The Morgan fingerprint density at radius 1 is 1.29 bits per heavy atom. The summed E-state index contributed by atoms with van der Waals surface area (Å²) in [6.45, 7) is 0. The number of hydrogen-bond donors (Lipinski definition) is 2. The second-order valence-corrected chi connectivity index (χ2v) is 4.51. The van der Waals surface area contributed by atoms with E-state index in [1.165, 1.54) is 18.3 Å². The number of carboxylic acid groups (broad SMARTS) is 1. The Bertz CT molecular complexity index is 672. The molecule has 0 aliphatic rings. The van der Waals surface area contributed by atoms with Crippen molar-refractivity contribution in [2.75, 3.05) is 0 Å². The number of aromatic carboxylic acids is 1. The van der Waals surface area contributed by atoms with Crippen LogP contribution in [0.2, 0.25) is 0 Å². The number of carbonyl (C=O) groups excluding carboxylic acids is 1. The van der Waals surface area contributed by atoms with Gasteiger partial charge in [-0.05, 0) is 29.8 Å². The second kappa shape index (κ2) is 6.51. The molecule has 0 spiro atoms. The van der Waals surface area contributed by atoms with Crippen molar-refractivity contribution in [3.05, 3.63) is 59.4 Å². The summed E-state index contributed by atoms with van der Waals surface area (Å²) in [5, 5.41) is 12.6. The summed E-state index contributed by atoms with van der Waals surface area (Å²) >= 11 is 0. The van der Waals surface area contributed by atoms with Crippen LogP contribution < -0.4 is 5.43 Å². The molecule has 6 heteroatoms. The molecule has 2 N–H and O–H groups in total. The third-order valence-corrected chi connectivity index (χ3v) is 2.95. The van der Waals surface area contributed by atoms with Crippen LogP contribution in [0.4, 0.5) is 0 Å². The van der Waals surface area contributed by atoms with Crippen molar-refractivity contribution < 1.29 is 14.7 Å². The van der Waals surface area contributed by atoms with E-state index in [9.17, 15) is 9.59 Å². The van der Waals surface area contributed by atoms with Crippen LogP contribution in [0.25, 0.3) is 0 Å². The first-order chi connectivity index (χ1) is 10.1. The Balaban J connectivity index is 1.88. The Labute approximate surface area is 121 Å². The van der Waals surface area contributed by atoms with Gasteiger partial charge in [0.05, 0.1) is 18.2 Å². The summed E-state index contributed by atoms with van der Waals surface area (Å²) in [5.74, 6) is -1.19. The minimum atomic E-state index is -0.977. The lowest BCUT2D eigenvalue weighted by molar-refractivity contribution is -0.120. The molecule has 6 nitrogen and oxygen atoms in total. The highest BCUT2D eigenvalue weighted by Crippen LogP contribution is 2.02. The van der Waals surface area contributed by atoms with Gasteiger partial charge in [-0.25, -0.2) is 10.2 Å². The van der Waals surface area contributed by atoms with Gasteiger partial charge in [0.15, 0.2) is 0 Å². The smallest absolute Gasteiger partial charge is 0.335 e. The van der Waals surface area contributed by atoms with Crippen LogP contribution in [0.1, 0.15) is 21.6 Å². The van der Waals surface area contributed by atoms with Gasteiger partial charge in [0.25, 0.3) is 0 Å². The predicted molar refractivity (Wildman–Crippen MR) is 78.3 cm³/mol. The number of aryl methyl sites for hydroxylation is 1. The molecule has 0 unspecified atom stereocenters. The molecular formula is C15H15N3O3. The first kappa shape index (κ1) is 14.5. The molecule has 0 aliphatic heterocycles. The van der Waals surface area contributed by atoms with E-state index in [0.29, 0.717) is 5.56 Å². The van der Waals surface area contributed by atoms with Crippen molar-refractivity contribution in [1.82, 2.24) is 9.99 Å². The van der Waals surface area contributed by atoms with Crippen molar-refractivity contribution in [2.24, 2.45) is 12.1 Å². The maximum atomic E-state index is 11.7. The van der Waals surface area contributed by atoms with Crippen LogP contribution in [0.3, 0.4) is 0 Å². The Morgan fingerprint density at radius 3 is 2.57 bits per heavy atom. The average molecular weight is 285 g/mol. The number of nitrogens with one attached hydrogen (secondary N) is 1. The first-order valence-corrected chi connectivity index (χ1v) is 6.32. The lowest BCUT2D eigenvalue weighted by Gasteiger charge is -2.02. The molecule has 0 saturated heterocycles. The molecule has 1 amide bonds. The van der Waals surface area contributed by atoms with Crippen molar-refractivity contribution in [3.8, 4) is 0 Å². The lowest BCUT2D eigenvalue weighted by atomic mass is 10.1. The number of amides is 1. The molecule has 1 aromatic heterocycles. The van der Waals surface area contributed by atoms with Crippen LogP contribution in [-0.2, 0) is 18.3 Å². The molecule has 0 atom stereocenters. The number of carbonyl (C=O) groups is 2. The fraction of sp³-hybridized carbons (Fsp3) is 0.133. The minimum absolute atomic E-state index is 0.208. The van der Waals surface area contributed by atoms with Crippen LogP contribution >= 0.6 is 0 Å². The highest BCUT2D eigenvalue weighted by molar-refractivity contribution is 5.89. The zero-order chi connectivity index (χ0) is 15.2. The number of aromatic nitrogens is 1. The fourth-order valence-electron chi connectivity index (χ4n) is 1.77. The number of carboxylic acids is 1. The van der Waals surface area contributed by atoms with Crippen molar-refractivity contribution in [3.63, 3.8) is 0 Å². The van der Waals surface area contributed by atoms with Gasteiger partial charge in [-0.1, -0.05) is 12.1 Å². The largest absolute Gasteiger partial charge is 0.478 e. The molecule has 1 aromatic carbocycles. The van der Waals surface area contributed by atoms with Gasteiger partial charge in [0, 0.05) is 18.9 Å². The van der Waals surface area contributed by atoms with Crippen LogP contribution in [0.5, 0.6) is 0 Å². The monoisotopic (exact) mass is 285 g/mol. The maximum absolute atomic E-state index is 11.7. The van der Waals surface area contributed by atoms with Crippen molar-refractivity contribution in [2.45, 2.75) is 6.42 Å². The SMILES string of the molecule is Cn1cccc1CC(=O)N/N=C\c1ccc(C(=O)O)cc1. The molecule has 0 aliphatic carbocycles. The molecule has 108 valence electrons. The van der Waals surface area contributed by atoms with Gasteiger partial charge >= 0.3 is 5.97 Å². The van der Waals surface area contributed by atoms with Crippen LogP contribution in [-0.4, -0.2) is 27.8 Å². The zero-order valence-electron chi connectivity index (χ0n) is 11.5. The Kier molecular flexibility index (Phi) is 4.50. The van der Waals surface area contributed by atoms with Crippen molar-refractivity contribution in [1.29, 1.82) is 0 Å². The molecule has 2 rings (SSSR count). The van der Waals surface area contributed by atoms with E-state index in [2.05, 4.69) is 10.5 Å². The van der Waals surface area contributed by atoms with Crippen LogP contribution in [0, 0.1) is 0 Å². The van der Waals surface area contributed by atoms with Gasteiger partial charge in [-0.15, -0.1) is 0 Å². The summed E-state index contributed by atoms with van der Waals surface area (Å²) in [5.41, 5.74) is 4.25. The van der Waals surface area contributed by atoms with Gasteiger partial charge in [0.2, 0.25) is 5.91 Å². The quantitative estimate of drug-likeness (QED) is 0.643. The van der Waals surface area contributed by atoms with E-state index in [-0.39, 0.29) is 17.9 Å². The third-order valence-electron chi connectivity index (χ3n) is 2.95. The van der Waals surface area contributed by atoms with E-state index >= 15 is 0 Å². The van der Waals surface area contributed by atoms with E-state index < -0.39 is 5.97 Å². The minimum Gasteiger partial charge on any atom is -0.478 e. The number of benzene rings is 1. The highest BCUT2D eigenvalue weighted by atomic mass is 16.4.